The van der Waals surface area contributed by atoms with Crippen LogP contribution in [0.25, 0.3) is 0 Å². The van der Waals surface area contributed by atoms with Gasteiger partial charge in [-0.2, -0.15) is 26.3 Å². The normalized spacial score (nSPS) is 18.2. The molecule has 0 aliphatic carbocycles. The second kappa shape index (κ2) is 8.19. The fourth-order valence-corrected chi connectivity index (χ4v) is 5.03. The van der Waals surface area contributed by atoms with Crippen molar-refractivity contribution in [3.63, 3.8) is 0 Å². The van der Waals surface area contributed by atoms with Gasteiger partial charge in [0.1, 0.15) is 5.69 Å². The van der Waals surface area contributed by atoms with Crippen molar-refractivity contribution >= 4 is 21.6 Å². The lowest BCUT2D eigenvalue weighted by molar-refractivity contribution is -0.141. The molecular formula is C20H18F6N2O4S. The molecule has 1 unspecified atom stereocenters. The number of hydrogen-bond donors (Lipinski definition) is 0. The molecule has 0 spiro atoms. The molecule has 0 N–H and O–H groups in total. The third-order valence-electron chi connectivity index (χ3n) is 5.53. The van der Waals surface area contributed by atoms with Crippen LogP contribution in [0, 0.1) is 5.92 Å². The molecule has 2 heterocycles. The first-order chi connectivity index (χ1) is 15.0. The van der Waals surface area contributed by atoms with E-state index >= 15 is 0 Å². The highest BCUT2D eigenvalue weighted by Crippen LogP contribution is 2.38. The van der Waals surface area contributed by atoms with Gasteiger partial charge in [0, 0.05) is 12.5 Å². The van der Waals surface area contributed by atoms with E-state index in [-0.39, 0.29) is 18.8 Å². The molecule has 1 aromatic carbocycles. The van der Waals surface area contributed by atoms with Gasteiger partial charge < -0.3 is 4.74 Å². The number of amides is 1. The van der Waals surface area contributed by atoms with E-state index in [1.165, 1.54) is 13.8 Å². The quantitative estimate of drug-likeness (QED) is 0.561. The van der Waals surface area contributed by atoms with E-state index in [0.717, 1.165) is 35.4 Å². The van der Waals surface area contributed by atoms with Gasteiger partial charge in [0.25, 0.3) is 0 Å². The Balaban J connectivity index is 1.91. The minimum Gasteiger partial charge on any atom is -0.449 e. The predicted molar refractivity (Wildman–Crippen MR) is 104 cm³/mol. The Morgan fingerprint density at radius 2 is 1.70 bits per heavy atom. The van der Waals surface area contributed by atoms with Crippen LogP contribution < -0.4 is 4.90 Å². The average molecular weight is 496 g/mol. The minimum atomic E-state index is -4.75. The van der Waals surface area contributed by atoms with Gasteiger partial charge in [0.15, 0.2) is 9.84 Å². The van der Waals surface area contributed by atoms with Crippen LogP contribution >= 0.6 is 0 Å². The summed E-state index contributed by atoms with van der Waals surface area (Å²) in [5.74, 6) is -0.919. The van der Waals surface area contributed by atoms with E-state index in [2.05, 4.69) is 4.98 Å². The van der Waals surface area contributed by atoms with Crippen molar-refractivity contribution in [3.8, 4) is 0 Å². The first kappa shape index (κ1) is 24.8. The number of rotatable bonds is 4. The molecule has 2 aromatic rings. The fourth-order valence-electron chi connectivity index (χ4n) is 3.30. The van der Waals surface area contributed by atoms with Crippen molar-refractivity contribution in [2.24, 2.45) is 5.92 Å². The second-order valence-electron chi connectivity index (χ2n) is 7.92. The maximum Gasteiger partial charge on any atom is 0.433 e. The number of halogens is 6. The zero-order valence-electron chi connectivity index (χ0n) is 17.2. The molecule has 0 radical (unpaired) electrons. The Morgan fingerprint density at radius 1 is 1.03 bits per heavy atom. The molecule has 6 nitrogen and oxygen atoms in total. The lowest BCUT2D eigenvalue weighted by Crippen LogP contribution is -2.53. The Labute approximate surface area is 185 Å². The number of sulfone groups is 1. The first-order valence-electron chi connectivity index (χ1n) is 9.44. The fraction of sp³-hybridized carbons (Fsp3) is 0.400. The Morgan fingerprint density at radius 3 is 2.24 bits per heavy atom. The second-order valence-corrected chi connectivity index (χ2v) is 10.4. The van der Waals surface area contributed by atoms with Gasteiger partial charge in [0.05, 0.1) is 33.7 Å². The summed E-state index contributed by atoms with van der Waals surface area (Å²) in [4.78, 5) is 15.9. The molecule has 13 heteroatoms. The first-order valence-corrected chi connectivity index (χ1v) is 10.9. The number of ether oxygens (including phenoxy) is 1. The van der Waals surface area contributed by atoms with Crippen LogP contribution in [0.5, 0.6) is 0 Å². The molecule has 1 aliphatic rings. The number of hydrogen-bond acceptors (Lipinski definition) is 5. The van der Waals surface area contributed by atoms with E-state index in [1.54, 1.807) is 0 Å². The Bertz CT molecular complexity index is 1140. The summed E-state index contributed by atoms with van der Waals surface area (Å²) in [6.45, 7) is 1.96. The molecule has 1 atom stereocenters. The number of aromatic nitrogens is 1. The maximum atomic E-state index is 13.2. The molecule has 1 aromatic heterocycles. The lowest BCUT2D eigenvalue weighted by Gasteiger charge is -2.40. The molecule has 0 saturated carbocycles. The number of carbonyl (C=O) groups excluding carboxylic acids is 1. The van der Waals surface area contributed by atoms with Crippen LogP contribution in [-0.2, 0) is 26.9 Å². The van der Waals surface area contributed by atoms with E-state index in [9.17, 15) is 39.6 Å². The predicted octanol–water partition coefficient (Wildman–Crippen LogP) is 4.94. The number of carbonyl (C=O) groups is 1. The van der Waals surface area contributed by atoms with Crippen molar-refractivity contribution in [2.75, 3.05) is 18.1 Å². The molecule has 1 fully saturated rings. The highest BCUT2D eigenvalue weighted by molar-refractivity contribution is 7.92. The van der Waals surface area contributed by atoms with E-state index in [4.69, 9.17) is 4.74 Å². The van der Waals surface area contributed by atoms with Gasteiger partial charge in [-0.15, -0.1) is 0 Å². The third kappa shape index (κ3) is 4.77. The molecule has 180 valence electrons. The smallest absolute Gasteiger partial charge is 0.433 e. The maximum absolute atomic E-state index is 13.2. The summed E-state index contributed by atoms with van der Waals surface area (Å²) in [6.07, 6.45) is -9.55. The average Bonchev–Trinajstić information content (AvgIpc) is 2.73. The number of alkyl halides is 6. The number of cyclic esters (lactones) is 1. The van der Waals surface area contributed by atoms with Crippen molar-refractivity contribution < 1.29 is 44.3 Å². The SMILES string of the molecule is CC(C)(C1COC(=O)N(c2ccc(C(F)(F)F)nc2)C1)S(=O)(=O)c1cccc(C(F)(F)F)c1. The highest BCUT2D eigenvalue weighted by atomic mass is 32.2. The van der Waals surface area contributed by atoms with Gasteiger partial charge in [-0.05, 0) is 44.2 Å². The summed E-state index contributed by atoms with van der Waals surface area (Å²) in [5, 5.41) is 0. The summed E-state index contributed by atoms with van der Waals surface area (Å²) < 4.78 is 107. The van der Waals surface area contributed by atoms with Gasteiger partial charge in [0.2, 0.25) is 0 Å². The van der Waals surface area contributed by atoms with Crippen molar-refractivity contribution in [1.29, 1.82) is 0 Å². The number of nitrogens with zero attached hydrogens (tertiary/aromatic N) is 2. The van der Waals surface area contributed by atoms with E-state index in [0.29, 0.717) is 12.1 Å². The van der Waals surface area contributed by atoms with Gasteiger partial charge >= 0.3 is 18.4 Å². The number of anilines is 1. The molecule has 0 bridgehead atoms. The minimum absolute atomic E-state index is 0.0510. The van der Waals surface area contributed by atoms with Crippen LogP contribution in [0.2, 0.25) is 0 Å². The largest absolute Gasteiger partial charge is 0.449 e. The van der Waals surface area contributed by atoms with Gasteiger partial charge in [-0.25, -0.2) is 18.2 Å². The molecule has 1 amide bonds. The summed E-state index contributed by atoms with van der Waals surface area (Å²) >= 11 is 0. The van der Waals surface area contributed by atoms with E-state index < -0.39 is 55.1 Å². The zero-order valence-corrected chi connectivity index (χ0v) is 18.1. The number of pyridine rings is 1. The van der Waals surface area contributed by atoms with Crippen LogP contribution in [0.1, 0.15) is 25.1 Å². The Kier molecular flexibility index (Phi) is 6.15. The molecule has 3 rings (SSSR count). The zero-order chi connectivity index (χ0) is 24.8. The summed E-state index contributed by atoms with van der Waals surface area (Å²) in [6, 6.07) is 4.95. The third-order valence-corrected chi connectivity index (χ3v) is 8.12. The highest BCUT2D eigenvalue weighted by Gasteiger charge is 2.47. The Hall–Kier alpha value is -2.83. The van der Waals surface area contributed by atoms with Crippen molar-refractivity contribution in [1.82, 2.24) is 4.98 Å². The molecule has 1 saturated heterocycles. The van der Waals surface area contributed by atoms with Gasteiger partial charge in [-0.3, -0.25) is 4.90 Å². The topological polar surface area (TPSA) is 76.6 Å². The number of benzene rings is 1. The van der Waals surface area contributed by atoms with Gasteiger partial charge in [-0.1, -0.05) is 6.07 Å². The van der Waals surface area contributed by atoms with Crippen LogP contribution in [0.3, 0.4) is 0 Å². The van der Waals surface area contributed by atoms with Crippen molar-refractivity contribution in [3.05, 3.63) is 53.9 Å². The lowest BCUT2D eigenvalue weighted by atomic mass is 9.94. The van der Waals surface area contributed by atoms with Crippen LogP contribution in [0.4, 0.5) is 36.8 Å². The molecule has 1 aliphatic heterocycles. The van der Waals surface area contributed by atoms with Crippen LogP contribution in [-0.4, -0.2) is 37.4 Å². The molecular weight excluding hydrogens is 478 g/mol. The summed E-state index contributed by atoms with van der Waals surface area (Å²) in [7, 11) is -4.35. The monoisotopic (exact) mass is 496 g/mol. The summed E-state index contributed by atoms with van der Waals surface area (Å²) in [5.41, 5.74) is -2.36. The molecule has 33 heavy (non-hydrogen) atoms. The van der Waals surface area contributed by atoms with E-state index in [1.807, 2.05) is 0 Å². The standard InChI is InChI=1S/C20H18F6N2O4S/c1-18(2,33(30,31)15-5-3-4-12(8-15)19(21,22)23)13-10-28(17(29)32-11-13)14-6-7-16(27-9-14)20(24,25)26/h3-9,13H,10-11H2,1-2H3. The van der Waals surface area contributed by atoms with Crippen LogP contribution in [0.15, 0.2) is 47.5 Å². The van der Waals surface area contributed by atoms with Crippen molar-refractivity contribution in [2.45, 2.75) is 35.8 Å².